The summed E-state index contributed by atoms with van der Waals surface area (Å²) in [5.41, 5.74) is 0.784. The van der Waals surface area contributed by atoms with E-state index in [4.69, 9.17) is 5.26 Å². The van der Waals surface area contributed by atoms with Crippen molar-refractivity contribution in [2.75, 3.05) is 5.32 Å². The highest BCUT2D eigenvalue weighted by molar-refractivity contribution is 5.58. The molecule has 1 saturated carbocycles. The molecule has 19 heavy (non-hydrogen) atoms. The minimum atomic E-state index is -0.520. The Morgan fingerprint density at radius 1 is 1.26 bits per heavy atom. The van der Waals surface area contributed by atoms with E-state index in [-0.39, 0.29) is 11.3 Å². The molecule has 1 aliphatic carbocycles. The number of anilines is 1. The van der Waals surface area contributed by atoms with Crippen molar-refractivity contribution in [3.63, 3.8) is 0 Å². The second-order valence-corrected chi connectivity index (χ2v) is 4.93. The Kier molecular flexibility index (Phi) is 4.35. The van der Waals surface area contributed by atoms with Crippen LogP contribution in [0.3, 0.4) is 0 Å². The predicted molar refractivity (Wildman–Crippen MR) is 72.9 cm³/mol. The van der Waals surface area contributed by atoms with Crippen molar-refractivity contribution in [3.8, 4) is 6.07 Å². The fourth-order valence-electron chi connectivity index (χ4n) is 2.53. The van der Waals surface area contributed by atoms with E-state index in [1.54, 1.807) is 12.1 Å². The highest BCUT2D eigenvalue weighted by atomic mass is 16.6. The lowest BCUT2D eigenvalue weighted by atomic mass is 10.1. The number of nitrogens with zero attached hydrogens (tertiary/aromatic N) is 2. The largest absolute Gasteiger partial charge is 0.382 e. The first-order valence-corrected chi connectivity index (χ1v) is 6.66. The fourth-order valence-corrected chi connectivity index (χ4v) is 2.53. The minimum absolute atomic E-state index is 0.114. The zero-order valence-corrected chi connectivity index (χ0v) is 10.8. The number of nitro groups is 1. The topological polar surface area (TPSA) is 79.0 Å². The van der Waals surface area contributed by atoms with Gasteiger partial charge in [0.15, 0.2) is 0 Å². The molecule has 0 aromatic heterocycles. The summed E-state index contributed by atoms with van der Waals surface area (Å²) < 4.78 is 0. The Balaban J connectivity index is 2.12. The van der Waals surface area contributed by atoms with Crippen LogP contribution in [0, 0.1) is 21.4 Å². The highest BCUT2D eigenvalue weighted by Crippen LogP contribution is 2.25. The van der Waals surface area contributed by atoms with Crippen LogP contribution in [0.4, 0.5) is 11.4 Å². The third-order valence-electron chi connectivity index (χ3n) is 3.54. The Labute approximate surface area is 112 Å². The maximum absolute atomic E-state index is 10.8. The first-order valence-electron chi connectivity index (χ1n) is 6.66. The van der Waals surface area contributed by atoms with Crippen LogP contribution in [-0.4, -0.2) is 11.0 Å². The van der Waals surface area contributed by atoms with Crippen molar-refractivity contribution >= 4 is 11.4 Å². The second kappa shape index (κ2) is 6.19. The van der Waals surface area contributed by atoms with Gasteiger partial charge in [-0.25, -0.2) is 0 Å². The molecule has 1 aromatic rings. The van der Waals surface area contributed by atoms with Gasteiger partial charge in [0.25, 0.3) is 5.69 Å². The molecule has 0 saturated heterocycles. The van der Waals surface area contributed by atoms with Gasteiger partial charge < -0.3 is 5.32 Å². The van der Waals surface area contributed by atoms with Crippen LogP contribution in [0.25, 0.3) is 0 Å². The Bertz CT molecular complexity index is 500. The van der Waals surface area contributed by atoms with E-state index < -0.39 is 4.92 Å². The van der Waals surface area contributed by atoms with Gasteiger partial charge in [0.05, 0.1) is 4.92 Å². The van der Waals surface area contributed by atoms with Crippen LogP contribution in [0.1, 0.15) is 44.1 Å². The van der Waals surface area contributed by atoms with Gasteiger partial charge in [0, 0.05) is 17.8 Å². The van der Waals surface area contributed by atoms with E-state index in [1.165, 1.54) is 31.7 Å². The highest BCUT2D eigenvalue weighted by Gasteiger charge is 2.16. The molecular formula is C14H17N3O2. The summed E-state index contributed by atoms with van der Waals surface area (Å²) in [5, 5.41) is 23.1. The van der Waals surface area contributed by atoms with E-state index in [0.29, 0.717) is 6.04 Å². The van der Waals surface area contributed by atoms with Crippen LogP contribution >= 0.6 is 0 Å². The van der Waals surface area contributed by atoms with Gasteiger partial charge in [0.2, 0.25) is 0 Å². The monoisotopic (exact) mass is 259 g/mol. The molecule has 1 fully saturated rings. The third kappa shape index (κ3) is 3.44. The summed E-state index contributed by atoms with van der Waals surface area (Å²) >= 11 is 0. The fraction of sp³-hybridized carbons (Fsp3) is 0.500. The molecule has 100 valence electrons. The number of nitriles is 1. The molecule has 0 unspecified atom stereocenters. The number of rotatable bonds is 3. The SMILES string of the molecule is N#Cc1cc(NC2CCCCCC2)ccc1[N+](=O)[O-]. The lowest BCUT2D eigenvalue weighted by Crippen LogP contribution is -2.18. The molecule has 0 heterocycles. The molecular weight excluding hydrogens is 242 g/mol. The maximum Gasteiger partial charge on any atom is 0.287 e. The van der Waals surface area contributed by atoms with Crippen LogP contribution in [0.2, 0.25) is 0 Å². The summed E-state index contributed by atoms with van der Waals surface area (Å²) in [5.74, 6) is 0. The van der Waals surface area contributed by atoms with Crippen LogP contribution in [-0.2, 0) is 0 Å². The summed E-state index contributed by atoms with van der Waals surface area (Å²) in [6.07, 6.45) is 7.24. The summed E-state index contributed by atoms with van der Waals surface area (Å²) in [6.45, 7) is 0. The van der Waals surface area contributed by atoms with Crippen LogP contribution in [0.15, 0.2) is 18.2 Å². The normalized spacial score (nSPS) is 16.4. The molecule has 0 spiro atoms. The van der Waals surface area contributed by atoms with Gasteiger partial charge in [-0.15, -0.1) is 0 Å². The molecule has 0 radical (unpaired) electrons. The smallest absolute Gasteiger partial charge is 0.287 e. The molecule has 1 aromatic carbocycles. The molecule has 0 atom stereocenters. The van der Waals surface area contributed by atoms with Gasteiger partial charge in [0.1, 0.15) is 11.6 Å². The molecule has 0 bridgehead atoms. The predicted octanol–water partition coefficient (Wildman–Crippen LogP) is 3.60. The number of nitrogens with one attached hydrogen (secondary N) is 1. The van der Waals surface area contributed by atoms with Gasteiger partial charge in [-0.3, -0.25) is 10.1 Å². The lowest BCUT2D eigenvalue weighted by molar-refractivity contribution is -0.385. The molecule has 1 N–H and O–H groups in total. The summed E-state index contributed by atoms with van der Waals surface area (Å²) in [6, 6.07) is 6.95. The second-order valence-electron chi connectivity index (χ2n) is 4.93. The quantitative estimate of drug-likeness (QED) is 0.511. The minimum Gasteiger partial charge on any atom is -0.382 e. The Hall–Kier alpha value is -2.09. The van der Waals surface area contributed by atoms with Gasteiger partial charge >= 0.3 is 0 Å². The lowest BCUT2D eigenvalue weighted by Gasteiger charge is -2.17. The third-order valence-corrected chi connectivity index (χ3v) is 3.54. The van der Waals surface area contributed by atoms with E-state index in [1.807, 2.05) is 6.07 Å². The Morgan fingerprint density at radius 2 is 1.95 bits per heavy atom. The van der Waals surface area contributed by atoms with Crippen molar-refractivity contribution in [1.82, 2.24) is 0 Å². The summed E-state index contributed by atoms with van der Waals surface area (Å²) in [7, 11) is 0. The zero-order chi connectivity index (χ0) is 13.7. The Morgan fingerprint density at radius 3 is 2.53 bits per heavy atom. The number of hydrogen-bond acceptors (Lipinski definition) is 4. The van der Waals surface area contributed by atoms with E-state index >= 15 is 0 Å². The van der Waals surface area contributed by atoms with Crippen molar-refractivity contribution in [2.24, 2.45) is 0 Å². The molecule has 2 rings (SSSR count). The van der Waals surface area contributed by atoms with Crippen LogP contribution < -0.4 is 5.32 Å². The molecule has 5 nitrogen and oxygen atoms in total. The van der Waals surface area contributed by atoms with Crippen molar-refractivity contribution in [2.45, 2.75) is 44.6 Å². The number of nitro benzene ring substituents is 1. The number of hydrogen-bond donors (Lipinski definition) is 1. The average Bonchev–Trinajstić information content (AvgIpc) is 2.67. The zero-order valence-electron chi connectivity index (χ0n) is 10.8. The van der Waals surface area contributed by atoms with E-state index in [9.17, 15) is 10.1 Å². The molecule has 5 heteroatoms. The summed E-state index contributed by atoms with van der Waals surface area (Å²) in [4.78, 5) is 10.2. The van der Waals surface area contributed by atoms with Gasteiger partial charge in [-0.1, -0.05) is 25.7 Å². The number of benzene rings is 1. The molecule has 1 aliphatic rings. The molecule has 0 aliphatic heterocycles. The first-order chi connectivity index (χ1) is 9.20. The molecule has 0 amide bonds. The van der Waals surface area contributed by atoms with E-state index in [0.717, 1.165) is 18.5 Å². The standard InChI is InChI=1S/C14H17N3O2/c15-10-11-9-13(7-8-14(11)17(18)19)16-12-5-3-1-2-4-6-12/h7-9,12,16H,1-6H2. The van der Waals surface area contributed by atoms with E-state index in [2.05, 4.69) is 5.32 Å². The van der Waals surface area contributed by atoms with Gasteiger partial charge in [-0.2, -0.15) is 5.26 Å². The van der Waals surface area contributed by atoms with Crippen molar-refractivity contribution in [1.29, 1.82) is 5.26 Å². The maximum atomic E-state index is 10.8. The van der Waals surface area contributed by atoms with Crippen molar-refractivity contribution in [3.05, 3.63) is 33.9 Å². The first kappa shape index (κ1) is 13.3. The van der Waals surface area contributed by atoms with Crippen molar-refractivity contribution < 1.29 is 4.92 Å². The van der Waals surface area contributed by atoms with Gasteiger partial charge in [-0.05, 0) is 25.0 Å². The van der Waals surface area contributed by atoms with Crippen LogP contribution in [0.5, 0.6) is 0 Å². The average molecular weight is 259 g/mol.